The van der Waals surface area contributed by atoms with Crippen LogP contribution in [0.3, 0.4) is 0 Å². The van der Waals surface area contributed by atoms with Crippen LogP contribution >= 0.6 is 11.3 Å². The molecule has 0 aliphatic heterocycles. The molecule has 2 heterocycles. The van der Waals surface area contributed by atoms with Crippen molar-refractivity contribution in [1.29, 1.82) is 0 Å². The van der Waals surface area contributed by atoms with Crippen LogP contribution in [0.4, 0.5) is 0 Å². The van der Waals surface area contributed by atoms with Crippen molar-refractivity contribution in [1.82, 2.24) is 4.57 Å². The molecule has 0 amide bonds. The molecular weight excluding hydrogens is 863 g/mol. The number of aryl methyl sites for hydroxylation is 4. The van der Waals surface area contributed by atoms with Crippen molar-refractivity contribution in [3.05, 3.63) is 269 Å². The molecule has 340 valence electrons. The number of nitrogens with zero attached hydrogens (tertiary/aromatic N) is 1. The van der Waals surface area contributed by atoms with Gasteiger partial charge in [0.2, 0.25) is 0 Å². The van der Waals surface area contributed by atoms with Gasteiger partial charge in [0.25, 0.3) is 0 Å². The van der Waals surface area contributed by atoms with Gasteiger partial charge < -0.3 is 4.57 Å². The highest BCUT2D eigenvalue weighted by molar-refractivity contribution is 7.20. The summed E-state index contributed by atoms with van der Waals surface area (Å²) in [5.74, 6) is 0. The zero-order valence-electron chi connectivity index (χ0n) is 40.5. The van der Waals surface area contributed by atoms with Crippen LogP contribution in [0.25, 0.3) is 81.8 Å². The van der Waals surface area contributed by atoms with Gasteiger partial charge in [-0.2, -0.15) is 0 Å². The van der Waals surface area contributed by atoms with Crippen LogP contribution in [-0.4, -0.2) is 4.57 Å². The molecule has 0 atom stereocenters. The number of rotatable bonds is 13. The third-order valence-corrected chi connectivity index (χ3v) is 15.5. The molecule has 0 bridgehead atoms. The molecule has 0 unspecified atom stereocenters. The monoisotopic (exact) mass is 919 g/mol. The Morgan fingerprint density at radius 3 is 1.07 bits per heavy atom. The van der Waals surface area contributed by atoms with Crippen LogP contribution in [-0.2, 0) is 25.7 Å². The SMILES string of the molecule is CCc1ccc(C(=C(c2ccccc2)c2ccc(-c3sc(-c4ccc(-n5c6ccc(CC)cc6c6cc(CC)ccc65)cc4)c(-c4ccccc4)c3-c3ccccc3)cc2)c2ccc(CC)cc2)cc1. The van der Waals surface area contributed by atoms with Crippen LogP contribution < -0.4 is 0 Å². The summed E-state index contributed by atoms with van der Waals surface area (Å²) in [5.41, 5.74) is 23.7. The molecule has 0 aliphatic rings. The topological polar surface area (TPSA) is 4.93 Å². The number of aromatic nitrogens is 1. The minimum atomic E-state index is 1.01. The van der Waals surface area contributed by atoms with Crippen LogP contribution in [0.2, 0.25) is 0 Å². The van der Waals surface area contributed by atoms with E-state index in [1.807, 2.05) is 11.3 Å². The fourth-order valence-corrected chi connectivity index (χ4v) is 11.7. The van der Waals surface area contributed by atoms with Gasteiger partial charge in [-0.1, -0.05) is 216 Å². The Labute approximate surface area is 417 Å². The largest absolute Gasteiger partial charge is 0.309 e. The van der Waals surface area contributed by atoms with Crippen molar-refractivity contribution in [3.63, 3.8) is 0 Å². The molecule has 11 rings (SSSR count). The van der Waals surface area contributed by atoms with E-state index >= 15 is 0 Å². The number of benzene rings is 9. The van der Waals surface area contributed by atoms with E-state index in [0.717, 1.165) is 25.7 Å². The van der Waals surface area contributed by atoms with E-state index in [9.17, 15) is 0 Å². The summed E-state index contributed by atoms with van der Waals surface area (Å²) in [4.78, 5) is 2.52. The third kappa shape index (κ3) is 8.44. The van der Waals surface area contributed by atoms with E-state index in [2.05, 4.69) is 257 Å². The van der Waals surface area contributed by atoms with Gasteiger partial charge in [-0.25, -0.2) is 0 Å². The van der Waals surface area contributed by atoms with Gasteiger partial charge in [-0.05, 0) is 140 Å². The minimum absolute atomic E-state index is 1.01. The third-order valence-electron chi connectivity index (χ3n) is 14.2. The Balaban J connectivity index is 1.09. The van der Waals surface area contributed by atoms with Gasteiger partial charge in [0.05, 0.1) is 11.0 Å². The molecule has 0 radical (unpaired) electrons. The molecule has 0 fully saturated rings. The van der Waals surface area contributed by atoms with E-state index in [0.29, 0.717) is 0 Å². The molecule has 0 N–H and O–H groups in total. The molecule has 9 aromatic carbocycles. The second kappa shape index (κ2) is 19.7. The van der Waals surface area contributed by atoms with Crippen LogP contribution in [0.1, 0.15) is 72.2 Å². The maximum atomic E-state index is 2.45. The smallest absolute Gasteiger partial charge is 0.0541 e. The maximum Gasteiger partial charge on any atom is 0.0541 e. The Morgan fingerprint density at radius 1 is 0.329 bits per heavy atom. The van der Waals surface area contributed by atoms with Gasteiger partial charge >= 0.3 is 0 Å². The molecular formula is C68H57NS. The van der Waals surface area contributed by atoms with Gasteiger partial charge in [0.15, 0.2) is 0 Å². The standard InChI is InChI=1S/C68H57NS/c1-5-46-24-30-53(31-25-46)64(54-32-26-47(6-2)27-33-54)63(50-18-12-9-13-19-50)55-34-36-56(37-35-55)67-65(51-20-14-10-15-21-51)66(52-22-16-11-17-23-52)68(70-67)57-38-40-58(41-39-57)69-61-42-28-48(7-3)44-59(61)60-45-49(8-4)29-43-62(60)69/h9-45H,5-8H2,1-4H3. The molecule has 2 heteroatoms. The van der Waals surface area contributed by atoms with E-state index in [1.54, 1.807) is 0 Å². The molecule has 0 aliphatic carbocycles. The zero-order valence-corrected chi connectivity index (χ0v) is 41.4. The lowest BCUT2D eigenvalue weighted by Crippen LogP contribution is -1.98. The molecule has 0 saturated carbocycles. The second-order valence-electron chi connectivity index (χ2n) is 18.3. The summed E-state index contributed by atoms with van der Waals surface area (Å²) >= 11 is 1.90. The van der Waals surface area contributed by atoms with Crippen LogP contribution in [0.5, 0.6) is 0 Å². The van der Waals surface area contributed by atoms with Crippen molar-refractivity contribution in [3.8, 4) is 48.8 Å². The van der Waals surface area contributed by atoms with E-state index in [-0.39, 0.29) is 0 Å². The molecule has 0 saturated heterocycles. The summed E-state index contributed by atoms with van der Waals surface area (Å²) in [6, 6.07) is 84.0. The van der Waals surface area contributed by atoms with E-state index in [1.165, 1.54) is 126 Å². The highest BCUT2D eigenvalue weighted by Gasteiger charge is 2.25. The molecule has 1 nitrogen and oxygen atoms in total. The van der Waals surface area contributed by atoms with Crippen molar-refractivity contribution < 1.29 is 0 Å². The number of hydrogen-bond donors (Lipinski definition) is 0. The first-order chi connectivity index (χ1) is 34.5. The van der Waals surface area contributed by atoms with Gasteiger partial charge in [-0.3, -0.25) is 0 Å². The highest BCUT2D eigenvalue weighted by Crippen LogP contribution is 2.52. The van der Waals surface area contributed by atoms with E-state index in [4.69, 9.17) is 0 Å². The normalized spacial score (nSPS) is 11.4. The average molecular weight is 920 g/mol. The average Bonchev–Trinajstić information content (AvgIpc) is 3.99. The quantitative estimate of drug-likeness (QED) is 0.102. The number of thiophene rings is 1. The summed E-state index contributed by atoms with van der Waals surface area (Å²) in [6.07, 6.45) is 4.04. The fraction of sp³-hybridized carbons (Fsp3) is 0.118. The highest BCUT2D eigenvalue weighted by atomic mass is 32.1. The van der Waals surface area contributed by atoms with E-state index < -0.39 is 0 Å². The van der Waals surface area contributed by atoms with Crippen molar-refractivity contribution in [2.24, 2.45) is 0 Å². The van der Waals surface area contributed by atoms with Crippen LogP contribution in [0, 0.1) is 0 Å². The molecule has 0 spiro atoms. The summed E-state index contributed by atoms with van der Waals surface area (Å²) in [7, 11) is 0. The minimum Gasteiger partial charge on any atom is -0.309 e. The van der Waals surface area contributed by atoms with Crippen molar-refractivity contribution >= 4 is 44.3 Å². The van der Waals surface area contributed by atoms with Gasteiger partial charge in [0, 0.05) is 37.3 Å². The van der Waals surface area contributed by atoms with Crippen molar-refractivity contribution in [2.75, 3.05) is 0 Å². The van der Waals surface area contributed by atoms with Gasteiger partial charge in [-0.15, -0.1) is 11.3 Å². The lowest BCUT2D eigenvalue weighted by Gasteiger charge is -2.19. The summed E-state index contributed by atoms with van der Waals surface area (Å²) in [5, 5.41) is 2.64. The predicted molar refractivity (Wildman–Crippen MR) is 302 cm³/mol. The zero-order chi connectivity index (χ0) is 47.6. The summed E-state index contributed by atoms with van der Waals surface area (Å²) in [6.45, 7) is 8.93. The fourth-order valence-electron chi connectivity index (χ4n) is 10.3. The Kier molecular flexibility index (Phi) is 12.6. The Hall–Kier alpha value is -7.78. The molecule has 70 heavy (non-hydrogen) atoms. The van der Waals surface area contributed by atoms with Crippen LogP contribution in [0.15, 0.2) is 224 Å². The Bertz CT molecular complexity index is 3500. The van der Waals surface area contributed by atoms with Gasteiger partial charge in [0.1, 0.15) is 0 Å². The number of hydrogen-bond acceptors (Lipinski definition) is 1. The van der Waals surface area contributed by atoms with Crippen molar-refractivity contribution in [2.45, 2.75) is 53.4 Å². The number of fused-ring (bicyclic) bond motifs is 3. The first-order valence-electron chi connectivity index (χ1n) is 25.1. The predicted octanol–water partition coefficient (Wildman–Crippen LogP) is 18.8. The molecule has 2 aromatic heterocycles. The second-order valence-corrected chi connectivity index (χ2v) is 19.3. The molecule has 11 aromatic rings. The first kappa shape index (κ1) is 44.7. The lowest BCUT2D eigenvalue weighted by molar-refractivity contribution is 1.13. The summed E-state index contributed by atoms with van der Waals surface area (Å²) < 4.78 is 2.45. The first-order valence-corrected chi connectivity index (χ1v) is 25.9. The maximum absolute atomic E-state index is 2.45. The Morgan fingerprint density at radius 2 is 0.671 bits per heavy atom. The lowest BCUT2D eigenvalue weighted by atomic mass is 9.84.